The van der Waals surface area contributed by atoms with Crippen LogP contribution in [0.5, 0.6) is 0 Å². The van der Waals surface area contributed by atoms with Crippen molar-refractivity contribution in [2.45, 2.75) is 12.5 Å². The molecule has 120 valence electrons. The fourth-order valence-electron chi connectivity index (χ4n) is 1.97. The van der Waals surface area contributed by atoms with Gasteiger partial charge in [-0.3, -0.25) is 4.79 Å². The molecule has 0 heterocycles. The standard InChI is InChI=1S/C16H12ClF2NO3/c17-10-3-1-9(2-4-10)7-14(16(22)23)20-15(21)12-6-5-11(18)8-13(12)19/h1-6,8,14H,7H2,(H,20,21)(H,22,23)/t14-/m1/s1. The number of hydrogen-bond donors (Lipinski definition) is 2. The normalized spacial score (nSPS) is 11.8. The topological polar surface area (TPSA) is 66.4 Å². The molecule has 0 aliphatic carbocycles. The molecule has 0 radical (unpaired) electrons. The van der Waals surface area contributed by atoms with Gasteiger partial charge in [-0.15, -0.1) is 0 Å². The quantitative estimate of drug-likeness (QED) is 0.880. The zero-order valence-electron chi connectivity index (χ0n) is 11.7. The maximum atomic E-state index is 13.6. The first kappa shape index (κ1) is 16.9. The Hall–Kier alpha value is -2.47. The van der Waals surface area contributed by atoms with E-state index in [9.17, 15) is 23.5 Å². The van der Waals surface area contributed by atoms with Crippen LogP contribution in [0.4, 0.5) is 8.78 Å². The van der Waals surface area contributed by atoms with E-state index >= 15 is 0 Å². The number of halogens is 3. The second kappa shape index (κ2) is 7.19. The minimum absolute atomic E-state index is 0.00105. The van der Waals surface area contributed by atoms with Gasteiger partial charge in [0, 0.05) is 17.5 Å². The Kier molecular flexibility index (Phi) is 5.28. The molecule has 1 atom stereocenters. The maximum Gasteiger partial charge on any atom is 0.326 e. The first-order chi connectivity index (χ1) is 10.9. The molecule has 0 fully saturated rings. The summed E-state index contributed by atoms with van der Waals surface area (Å²) >= 11 is 5.75. The molecule has 0 spiro atoms. The molecule has 0 aliphatic heterocycles. The number of rotatable bonds is 5. The van der Waals surface area contributed by atoms with Crippen molar-refractivity contribution in [3.63, 3.8) is 0 Å². The third-order valence-corrected chi connectivity index (χ3v) is 3.38. The van der Waals surface area contributed by atoms with E-state index in [-0.39, 0.29) is 6.42 Å². The van der Waals surface area contributed by atoms with E-state index in [1.807, 2.05) is 0 Å². The summed E-state index contributed by atoms with van der Waals surface area (Å²) in [6, 6.07) is 7.63. The highest BCUT2D eigenvalue weighted by molar-refractivity contribution is 6.30. The van der Waals surface area contributed by atoms with E-state index in [0.29, 0.717) is 16.7 Å². The molecule has 2 N–H and O–H groups in total. The van der Waals surface area contributed by atoms with Crippen LogP contribution >= 0.6 is 11.6 Å². The molecule has 0 saturated heterocycles. The molecule has 1 amide bonds. The van der Waals surface area contributed by atoms with Gasteiger partial charge in [-0.2, -0.15) is 0 Å². The molecule has 0 bridgehead atoms. The van der Waals surface area contributed by atoms with Crippen LogP contribution in [0.25, 0.3) is 0 Å². The summed E-state index contributed by atoms with van der Waals surface area (Å²) in [5, 5.41) is 11.9. The van der Waals surface area contributed by atoms with Gasteiger partial charge in [0.1, 0.15) is 17.7 Å². The van der Waals surface area contributed by atoms with Crippen molar-refractivity contribution in [2.24, 2.45) is 0 Å². The number of nitrogens with one attached hydrogen (secondary N) is 1. The first-order valence-electron chi connectivity index (χ1n) is 6.60. The number of aliphatic carboxylic acids is 1. The lowest BCUT2D eigenvalue weighted by molar-refractivity contribution is -0.139. The Morgan fingerprint density at radius 3 is 2.35 bits per heavy atom. The molecule has 2 aromatic rings. The molecular formula is C16H12ClF2NO3. The summed E-state index contributed by atoms with van der Waals surface area (Å²) in [6.07, 6.45) is 0.00105. The Labute approximate surface area is 135 Å². The van der Waals surface area contributed by atoms with E-state index in [1.165, 1.54) is 0 Å². The first-order valence-corrected chi connectivity index (χ1v) is 6.98. The molecule has 0 aliphatic rings. The number of hydrogen-bond acceptors (Lipinski definition) is 2. The molecule has 7 heteroatoms. The Morgan fingerprint density at radius 1 is 1.13 bits per heavy atom. The van der Waals surface area contributed by atoms with E-state index in [4.69, 9.17) is 11.6 Å². The lowest BCUT2D eigenvalue weighted by atomic mass is 10.1. The average Bonchev–Trinajstić information content (AvgIpc) is 2.48. The SMILES string of the molecule is O=C(N[C@H](Cc1ccc(Cl)cc1)C(=O)O)c1ccc(F)cc1F. The predicted molar refractivity (Wildman–Crippen MR) is 80.4 cm³/mol. The van der Waals surface area contributed by atoms with Gasteiger partial charge in [-0.05, 0) is 29.8 Å². The van der Waals surface area contributed by atoms with Crippen LogP contribution < -0.4 is 5.32 Å². The van der Waals surface area contributed by atoms with E-state index in [2.05, 4.69) is 5.32 Å². The zero-order chi connectivity index (χ0) is 17.0. The molecule has 23 heavy (non-hydrogen) atoms. The largest absolute Gasteiger partial charge is 0.480 e. The summed E-state index contributed by atoms with van der Waals surface area (Å²) in [7, 11) is 0. The third-order valence-electron chi connectivity index (χ3n) is 3.13. The number of carbonyl (C=O) groups excluding carboxylic acids is 1. The number of carboxylic acid groups (broad SMARTS) is 1. The van der Waals surface area contributed by atoms with Gasteiger partial charge in [-0.25, -0.2) is 13.6 Å². The minimum Gasteiger partial charge on any atom is -0.480 e. The van der Waals surface area contributed by atoms with E-state index in [1.54, 1.807) is 24.3 Å². The van der Waals surface area contributed by atoms with Gasteiger partial charge in [0.05, 0.1) is 5.56 Å². The van der Waals surface area contributed by atoms with Crippen molar-refractivity contribution in [3.8, 4) is 0 Å². The van der Waals surface area contributed by atoms with Crippen molar-refractivity contribution in [1.82, 2.24) is 5.32 Å². The highest BCUT2D eigenvalue weighted by Gasteiger charge is 2.22. The van der Waals surface area contributed by atoms with Gasteiger partial charge in [-0.1, -0.05) is 23.7 Å². The zero-order valence-corrected chi connectivity index (χ0v) is 12.5. The Morgan fingerprint density at radius 2 is 1.78 bits per heavy atom. The fraction of sp³-hybridized carbons (Fsp3) is 0.125. The molecular weight excluding hydrogens is 328 g/mol. The van der Waals surface area contributed by atoms with E-state index in [0.717, 1.165) is 12.1 Å². The Bertz CT molecular complexity index is 735. The second-order valence-electron chi connectivity index (χ2n) is 4.82. The molecule has 0 unspecified atom stereocenters. The summed E-state index contributed by atoms with van der Waals surface area (Å²) in [6.45, 7) is 0. The van der Waals surface area contributed by atoms with Crippen molar-refractivity contribution in [2.75, 3.05) is 0 Å². The number of carboxylic acids is 1. The van der Waals surface area contributed by atoms with Crippen LogP contribution in [0.3, 0.4) is 0 Å². The molecule has 0 saturated carbocycles. The van der Waals surface area contributed by atoms with Crippen LogP contribution in [0.15, 0.2) is 42.5 Å². The van der Waals surface area contributed by atoms with Crippen molar-refractivity contribution in [3.05, 3.63) is 70.2 Å². The summed E-state index contributed by atoms with van der Waals surface area (Å²) < 4.78 is 26.4. The highest BCUT2D eigenvalue weighted by Crippen LogP contribution is 2.13. The summed E-state index contributed by atoms with van der Waals surface area (Å²) in [5.41, 5.74) is 0.218. The lowest BCUT2D eigenvalue weighted by Gasteiger charge is -2.15. The highest BCUT2D eigenvalue weighted by atomic mass is 35.5. The summed E-state index contributed by atoms with van der Waals surface area (Å²) in [4.78, 5) is 23.3. The van der Waals surface area contributed by atoms with Gasteiger partial charge in [0.25, 0.3) is 5.91 Å². The van der Waals surface area contributed by atoms with Gasteiger partial charge < -0.3 is 10.4 Å². The van der Waals surface area contributed by atoms with Gasteiger partial charge >= 0.3 is 5.97 Å². The van der Waals surface area contributed by atoms with Gasteiger partial charge in [0.2, 0.25) is 0 Å². The Balaban J connectivity index is 2.14. The van der Waals surface area contributed by atoms with Crippen molar-refractivity contribution in [1.29, 1.82) is 0 Å². The third kappa shape index (κ3) is 4.50. The van der Waals surface area contributed by atoms with Crippen LogP contribution in [0.1, 0.15) is 15.9 Å². The molecule has 0 aromatic heterocycles. The van der Waals surface area contributed by atoms with Crippen LogP contribution in [-0.2, 0) is 11.2 Å². The fourth-order valence-corrected chi connectivity index (χ4v) is 2.09. The smallest absolute Gasteiger partial charge is 0.326 e. The molecule has 4 nitrogen and oxygen atoms in total. The monoisotopic (exact) mass is 339 g/mol. The summed E-state index contributed by atoms with van der Waals surface area (Å²) in [5.74, 6) is -4.08. The van der Waals surface area contributed by atoms with E-state index < -0.39 is 35.1 Å². The van der Waals surface area contributed by atoms with Crippen LogP contribution in [-0.4, -0.2) is 23.0 Å². The average molecular weight is 340 g/mol. The lowest BCUT2D eigenvalue weighted by Crippen LogP contribution is -2.42. The maximum absolute atomic E-state index is 13.6. The van der Waals surface area contributed by atoms with Crippen LogP contribution in [0.2, 0.25) is 5.02 Å². The number of carbonyl (C=O) groups is 2. The second-order valence-corrected chi connectivity index (χ2v) is 5.26. The minimum atomic E-state index is -1.27. The number of benzene rings is 2. The van der Waals surface area contributed by atoms with Crippen molar-refractivity contribution < 1.29 is 23.5 Å². The van der Waals surface area contributed by atoms with Gasteiger partial charge in [0.15, 0.2) is 0 Å². The van der Waals surface area contributed by atoms with Crippen molar-refractivity contribution >= 4 is 23.5 Å². The molecule has 2 aromatic carbocycles. The van der Waals surface area contributed by atoms with Crippen LogP contribution in [0, 0.1) is 11.6 Å². The molecule has 2 rings (SSSR count). The predicted octanol–water partition coefficient (Wildman–Crippen LogP) is 3.04. The number of amides is 1.